The van der Waals surface area contributed by atoms with Crippen molar-refractivity contribution in [2.24, 2.45) is 0 Å². The van der Waals surface area contributed by atoms with E-state index in [9.17, 15) is 5.11 Å². The van der Waals surface area contributed by atoms with Gasteiger partial charge in [0.05, 0.1) is 18.3 Å². The maximum Gasteiger partial charge on any atom is 0.0857 e. The molecule has 0 amide bonds. The molecule has 1 aromatic heterocycles. The van der Waals surface area contributed by atoms with Crippen LogP contribution in [0.5, 0.6) is 0 Å². The van der Waals surface area contributed by atoms with Gasteiger partial charge in [-0.3, -0.25) is 4.98 Å². The Morgan fingerprint density at radius 2 is 2.29 bits per heavy atom. The van der Waals surface area contributed by atoms with Crippen molar-refractivity contribution < 1.29 is 9.84 Å². The van der Waals surface area contributed by atoms with Crippen LogP contribution >= 0.6 is 0 Å². The number of nitrogens with zero attached hydrogens (tertiary/aromatic N) is 1. The molecule has 1 N–H and O–H groups in total. The second-order valence-electron chi connectivity index (χ2n) is 4.85. The number of pyridine rings is 1. The quantitative estimate of drug-likeness (QED) is 0.869. The van der Waals surface area contributed by atoms with Crippen molar-refractivity contribution in [1.82, 2.24) is 4.98 Å². The van der Waals surface area contributed by atoms with E-state index in [1.807, 2.05) is 12.3 Å². The van der Waals surface area contributed by atoms with E-state index in [4.69, 9.17) is 4.74 Å². The van der Waals surface area contributed by atoms with E-state index >= 15 is 0 Å². The van der Waals surface area contributed by atoms with Gasteiger partial charge in [0.15, 0.2) is 0 Å². The minimum atomic E-state index is -0.431. The van der Waals surface area contributed by atoms with Crippen molar-refractivity contribution in [3.05, 3.63) is 29.6 Å². The molecular formula is C14H21NO2. The normalized spacial score (nSPS) is 26.1. The zero-order valence-electron chi connectivity index (χ0n) is 10.6. The van der Waals surface area contributed by atoms with Crippen LogP contribution in [0.2, 0.25) is 0 Å². The van der Waals surface area contributed by atoms with Gasteiger partial charge in [-0.25, -0.2) is 0 Å². The Morgan fingerprint density at radius 1 is 1.47 bits per heavy atom. The lowest BCUT2D eigenvalue weighted by Gasteiger charge is -2.18. The van der Waals surface area contributed by atoms with E-state index in [-0.39, 0.29) is 12.2 Å². The highest BCUT2D eigenvalue weighted by Crippen LogP contribution is 2.23. The summed E-state index contributed by atoms with van der Waals surface area (Å²) < 4.78 is 5.66. The Morgan fingerprint density at radius 3 is 2.82 bits per heavy atom. The monoisotopic (exact) mass is 235 g/mol. The lowest BCUT2D eigenvalue weighted by atomic mass is 10.0. The Labute approximate surface area is 103 Å². The third-order valence-corrected chi connectivity index (χ3v) is 3.41. The standard InChI is InChI=1S/C14H21NO2/c1-3-11-5-6-12(15-9-11)8-13(16)14-7-4-10(2)17-14/h5-6,9-10,13-14,16H,3-4,7-8H2,1-2H3. The molecule has 2 heterocycles. The summed E-state index contributed by atoms with van der Waals surface area (Å²) in [6.45, 7) is 4.17. The summed E-state index contributed by atoms with van der Waals surface area (Å²) in [6.07, 6.45) is 5.31. The third-order valence-electron chi connectivity index (χ3n) is 3.41. The molecule has 1 aliphatic rings. The summed E-state index contributed by atoms with van der Waals surface area (Å²) in [6, 6.07) is 4.08. The minimum absolute atomic E-state index is 0.0161. The molecule has 3 atom stereocenters. The number of aromatic nitrogens is 1. The smallest absolute Gasteiger partial charge is 0.0857 e. The minimum Gasteiger partial charge on any atom is -0.390 e. The van der Waals surface area contributed by atoms with Gasteiger partial charge in [0.25, 0.3) is 0 Å². The average molecular weight is 235 g/mol. The maximum atomic E-state index is 10.1. The molecule has 17 heavy (non-hydrogen) atoms. The lowest BCUT2D eigenvalue weighted by molar-refractivity contribution is -0.0281. The first-order valence-electron chi connectivity index (χ1n) is 6.46. The SMILES string of the molecule is CCc1ccc(CC(O)C2CCC(C)O2)nc1. The zero-order valence-corrected chi connectivity index (χ0v) is 10.6. The first-order valence-corrected chi connectivity index (χ1v) is 6.46. The molecule has 0 saturated carbocycles. The fourth-order valence-electron chi connectivity index (χ4n) is 2.25. The van der Waals surface area contributed by atoms with Crippen molar-refractivity contribution in [2.75, 3.05) is 0 Å². The van der Waals surface area contributed by atoms with Crippen LogP contribution in [-0.2, 0) is 17.6 Å². The van der Waals surface area contributed by atoms with Crippen LogP contribution in [0.15, 0.2) is 18.3 Å². The summed E-state index contributed by atoms with van der Waals surface area (Å²) >= 11 is 0. The summed E-state index contributed by atoms with van der Waals surface area (Å²) in [4.78, 5) is 4.36. The molecule has 1 aliphatic heterocycles. The first-order chi connectivity index (χ1) is 8.19. The van der Waals surface area contributed by atoms with E-state index in [1.165, 1.54) is 5.56 Å². The molecule has 2 rings (SSSR count). The van der Waals surface area contributed by atoms with Gasteiger partial charge in [-0.2, -0.15) is 0 Å². The average Bonchev–Trinajstić information content (AvgIpc) is 2.77. The summed E-state index contributed by atoms with van der Waals surface area (Å²) in [5, 5.41) is 10.1. The molecule has 0 aliphatic carbocycles. The number of aliphatic hydroxyl groups is 1. The molecule has 0 bridgehead atoms. The van der Waals surface area contributed by atoms with E-state index in [0.717, 1.165) is 25.0 Å². The highest BCUT2D eigenvalue weighted by molar-refractivity contribution is 5.14. The van der Waals surface area contributed by atoms with Crippen LogP contribution < -0.4 is 0 Å². The van der Waals surface area contributed by atoms with Gasteiger partial charge >= 0.3 is 0 Å². The highest BCUT2D eigenvalue weighted by Gasteiger charge is 2.28. The Hall–Kier alpha value is -0.930. The highest BCUT2D eigenvalue weighted by atomic mass is 16.5. The Balaban J connectivity index is 1.91. The van der Waals surface area contributed by atoms with Crippen LogP contribution in [0.25, 0.3) is 0 Å². The van der Waals surface area contributed by atoms with Crippen LogP contribution in [0.3, 0.4) is 0 Å². The fraction of sp³-hybridized carbons (Fsp3) is 0.643. The Kier molecular flexibility index (Phi) is 4.13. The van der Waals surface area contributed by atoms with Crippen LogP contribution in [-0.4, -0.2) is 28.4 Å². The third kappa shape index (κ3) is 3.27. The predicted molar refractivity (Wildman–Crippen MR) is 66.9 cm³/mol. The van der Waals surface area contributed by atoms with Crippen molar-refractivity contribution in [1.29, 1.82) is 0 Å². The predicted octanol–water partition coefficient (Wildman–Crippen LogP) is 2.11. The van der Waals surface area contributed by atoms with Gasteiger partial charge in [-0.1, -0.05) is 13.0 Å². The van der Waals surface area contributed by atoms with E-state index in [1.54, 1.807) is 0 Å². The number of aliphatic hydroxyl groups excluding tert-OH is 1. The molecule has 3 unspecified atom stereocenters. The molecule has 94 valence electrons. The van der Waals surface area contributed by atoms with Gasteiger partial charge < -0.3 is 9.84 Å². The molecule has 3 nitrogen and oxygen atoms in total. The van der Waals surface area contributed by atoms with Gasteiger partial charge in [0.1, 0.15) is 0 Å². The van der Waals surface area contributed by atoms with Crippen molar-refractivity contribution in [3.8, 4) is 0 Å². The van der Waals surface area contributed by atoms with E-state index in [2.05, 4.69) is 24.9 Å². The fourth-order valence-corrected chi connectivity index (χ4v) is 2.25. The second-order valence-corrected chi connectivity index (χ2v) is 4.85. The van der Waals surface area contributed by atoms with Crippen LogP contribution in [0.1, 0.15) is 37.9 Å². The van der Waals surface area contributed by atoms with Gasteiger partial charge in [0.2, 0.25) is 0 Å². The summed E-state index contributed by atoms with van der Waals surface area (Å²) in [5.41, 5.74) is 2.17. The molecule has 3 heteroatoms. The van der Waals surface area contributed by atoms with Crippen LogP contribution in [0, 0.1) is 0 Å². The summed E-state index contributed by atoms with van der Waals surface area (Å²) in [7, 11) is 0. The summed E-state index contributed by atoms with van der Waals surface area (Å²) in [5.74, 6) is 0. The lowest BCUT2D eigenvalue weighted by Crippen LogP contribution is -2.28. The number of hydrogen-bond donors (Lipinski definition) is 1. The number of ether oxygens (including phenoxy) is 1. The molecule has 1 saturated heterocycles. The topological polar surface area (TPSA) is 42.4 Å². The van der Waals surface area contributed by atoms with Gasteiger partial charge in [-0.05, 0) is 37.8 Å². The van der Waals surface area contributed by atoms with Crippen LogP contribution in [0.4, 0.5) is 0 Å². The second kappa shape index (κ2) is 5.61. The van der Waals surface area contributed by atoms with E-state index in [0.29, 0.717) is 6.42 Å². The number of rotatable bonds is 4. The Bertz CT molecular complexity index is 350. The largest absolute Gasteiger partial charge is 0.390 e. The molecule has 1 aromatic rings. The molecular weight excluding hydrogens is 214 g/mol. The molecule has 1 fully saturated rings. The van der Waals surface area contributed by atoms with E-state index < -0.39 is 6.10 Å². The molecule has 0 radical (unpaired) electrons. The molecule has 0 spiro atoms. The number of hydrogen-bond acceptors (Lipinski definition) is 3. The maximum absolute atomic E-state index is 10.1. The first kappa shape index (κ1) is 12.5. The van der Waals surface area contributed by atoms with Crippen molar-refractivity contribution in [3.63, 3.8) is 0 Å². The zero-order chi connectivity index (χ0) is 12.3. The van der Waals surface area contributed by atoms with Crippen molar-refractivity contribution in [2.45, 2.75) is 57.8 Å². The van der Waals surface area contributed by atoms with Crippen molar-refractivity contribution >= 4 is 0 Å². The number of aryl methyl sites for hydroxylation is 1. The van der Waals surface area contributed by atoms with Gasteiger partial charge in [-0.15, -0.1) is 0 Å². The van der Waals surface area contributed by atoms with Gasteiger partial charge in [0, 0.05) is 18.3 Å². The molecule has 0 aromatic carbocycles.